The number of carbonyl (C=O) groups is 2. The molecule has 1 aromatic carbocycles. The van der Waals surface area contributed by atoms with E-state index in [2.05, 4.69) is 10.6 Å². The van der Waals surface area contributed by atoms with Crippen molar-refractivity contribution in [3.8, 4) is 0 Å². The maximum absolute atomic E-state index is 11.9. The van der Waals surface area contributed by atoms with Crippen LogP contribution in [0.1, 0.15) is 23.2 Å². The van der Waals surface area contributed by atoms with E-state index in [-0.39, 0.29) is 17.9 Å². The highest BCUT2D eigenvalue weighted by molar-refractivity contribution is 5.97. The molecule has 2 amide bonds. The van der Waals surface area contributed by atoms with Gasteiger partial charge >= 0.3 is 0 Å². The Kier molecular flexibility index (Phi) is 4.16. The summed E-state index contributed by atoms with van der Waals surface area (Å²) in [5.41, 5.74) is 1.33. The summed E-state index contributed by atoms with van der Waals surface area (Å²) in [6, 6.07) is 6.86. The van der Waals surface area contributed by atoms with Crippen LogP contribution in [0.5, 0.6) is 0 Å². The third-order valence-electron chi connectivity index (χ3n) is 3.18. The van der Waals surface area contributed by atoms with Gasteiger partial charge in [0, 0.05) is 25.3 Å². The molecule has 0 saturated carbocycles. The van der Waals surface area contributed by atoms with Crippen molar-refractivity contribution in [2.75, 3.05) is 26.0 Å². The zero-order valence-corrected chi connectivity index (χ0v) is 11.3. The quantitative estimate of drug-likeness (QED) is 0.856. The highest BCUT2D eigenvalue weighted by atomic mass is 16.2. The summed E-state index contributed by atoms with van der Waals surface area (Å²) < 4.78 is 0. The Balaban J connectivity index is 1.98. The van der Waals surface area contributed by atoms with Gasteiger partial charge in [-0.25, -0.2) is 0 Å². The third-order valence-corrected chi connectivity index (χ3v) is 3.18. The van der Waals surface area contributed by atoms with Gasteiger partial charge in [-0.3, -0.25) is 9.59 Å². The second kappa shape index (κ2) is 5.84. The van der Waals surface area contributed by atoms with Crippen LogP contribution < -0.4 is 10.6 Å². The topological polar surface area (TPSA) is 61.4 Å². The molecule has 5 heteroatoms. The fraction of sp³-hybridized carbons (Fsp3) is 0.429. The molecule has 19 heavy (non-hydrogen) atoms. The van der Waals surface area contributed by atoms with E-state index in [1.807, 2.05) is 0 Å². The van der Waals surface area contributed by atoms with Gasteiger partial charge in [0.25, 0.3) is 5.91 Å². The predicted molar refractivity (Wildman–Crippen MR) is 74.1 cm³/mol. The zero-order chi connectivity index (χ0) is 13.8. The van der Waals surface area contributed by atoms with Gasteiger partial charge in [-0.05, 0) is 43.7 Å². The van der Waals surface area contributed by atoms with Crippen LogP contribution in [0.3, 0.4) is 0 Å². The van der Waals surface area contributed by atoms with E-state index in [0.717, 1.165) is 19.4 Å². The number of nitrogens with zero attached hydrogens (tertiary/aromatic N) is 1. The van der Waals surface area contributed by atoms with Crippen molar-refractivity contribution < 1.29 is 9.59 Å². The number of hydrogen-bond donors (Lipinski definition) is 2. The van der Waals surface area contributed by atoms with Crippen LogP contribution in [0.15, 0.2) is 24.3 Å². The summed E-state index contributed by atoms with van der Waals surface area (Å²) in [7, 11) is 3.42. The van der Waals surface area contributed by atoms with E-state index in [1.165, 1.54) is 4.90 Å². The number of rotatable bonds is 3. The molecule has 5 nitrogen and oxygen atoms in total. The molecule has 1 aromatic rings. The largest absolute Gasteiger partial charge is 0.345 e. The number of benzene rings is 1. The van der Waals surface area contributed by atoms with Crippen molar-refractivity contribution in [2.24, 2.45) is 0 Å². The molecule has 0 spiro atoms. The highest BCUT2D eigenvalue weighted by Crippen LogP contribution is 2.13. The lowest BCUT2D eigenvalue weighted by Gasteiger charge is -2.13. The second-order valence-electron chi connectivity index (χ2n) is 4.92. The zero-order valence-electron chi connectivity index (χ0n) is 11.3. The normalized spacial score (nSPS) is 18.1. The van der Waals surface area contributed by atoms with Crippen molar-refractivity contribution in [3.05, 3.63) is 29.8 Å². The van der Waals surface area contributed by atoms with Crippen LogP contribution in [-0.2, 0) is 4.79 Å². The Morgan fingerprint density at radius 3 is 2.47 bits per heavy atom. The van der Waals surface area contributed by atoms with E-state index in [0.29, 0.717) is 11.3 Å². The summed E-state index contributed by atoms with van der Waals surface area (Å²) in [4.78, 5) is 25.1. The molecule has 1 fully saturated rings. The van der Waals surface area contributed by atoms with Gasteiger partial charge in [0.1, 0.15) is 0 Å². The minimum absolute atomic E-state index is 0.0100. The van der Waals surface area contributed by atoms with Gasteiger partial charge in [-0.1, -0.05) is 0 Å². The van der Waals surface area contributed by atoms with Crippen LogP contribution in [0.25, 0.3) is 0 Å². The highest BCUT2D eigenvalue weighted by Gasteiger charge is 2.21. The van der Waals surface area contributed by atoms with Crippen molar-refractivity contribution >= 4 is 17.5 Å². The molecule has 2 N–H and O–H groups in total. The SMILES string of the molecule is CN(C)C(=O)c1ccc(NC(=O)[C@H]2CCCN2)cc1. The third kappa shape index (κ3) is 3.32. The first kappa shape index (κ1) is 13.5. The average Bonchev–Trinajstić information content (AvgIpc) is 2.92. The van der Waals surface area contributed by atoms with Gasteiger partial charge in [-0.15, -0.1) is 0 Å². The summed E-state index contributed by atoms with van der Waals surface area (Å²) >= 11 is 0. The maximum Gasteiger partial charge on any atom is 0.253 e. The van der Waals surface area contributed by atoms with Gasteiger partial charge in [0.05, 0.1) is 6.04 Å². The monoisotopic (exact) mass is 261 g/mol. The first-order chi connectivity index (χ1) is 9.08. The predicted octanol–water partition coefficient (Wildman–Crippen LogP) is 1.08. The number of amides is 2. The summed E-state index contributed by atoms with van der Waals surface area (Å²) in [5, 5.41) is 6.00. The van der Waals surface area contributed by atoms with E-state index in [4.69, 9.17) is 0 Å². The standard InChI is InChI=1S/C14H19N3O2/c1-17(2)14(19)10-5-7-11(8-6-10)16-13(18)12-4-3-9-15-12/h5-8,12,15H,3-4,9H2,1-2H3,(H,16,18)/t12-/m1/s1. The fourth-order valence-electron chi connectivity index (χ4n) is 2.09. The van der Waals surface area contributed by atoms with Crippen molar-refractivity contribution in [1.82, 2.24) is 10.2 Å². The Hall–Kier alpha value is -1.88. The maximum atomic E-state index is 11.9. The molecule has 1 heterocycles. The fourth-order valence-corrected chi connectivity index (χ4v) is 2.09. The van der Waals surface area contributed by atoms with Crippen molar-refractivity contribution in [3.63, 3.8) is 0 Å². The Morgan fingerprint density at radius 2 is 1.95 bits per heavy atom. The minimum Gasteiger partial charge on any atom is -0.345 e. The van der Waals surface area contributed by atoms with Crippen LogP contribution >= 0.6 is 0 Å². The van der Waals surface area contributed by atoms with Crippen molar-refractivity contribution in [1.29, 1.82) is 0 Å². The van der Waals surface area contributed by atoms with Gasteiger partial charge in [0.2, 0.25) is 5.91 Å². The van der Waals surface area contributed by atoms with Gasteiger partial charge in [-0.2, -0.15) is 0 Å². The number of hydrogen-bond acceptors (Lipinski definition) is 3. The lowest BCUT2D eigenvalue weighted by Crippen LogP contribution is -2.35. The Bertz CT molecular complexity index is 462. The molecular formula is C14H19N3O2. The Labute approximate surface area is 113 Å². The molecular weight excluding hydrogens is 242 g/mol. The van der Waals surface area contributed by atoms with Crippen molar-refractivity contribution in [2.45, 2.75) is 18.9 Å². The molecule has 0 unspecified atom stereocenters. The first-order valence-corrected chi connectivity index (χ1v) is 6.44. The molecule has 0 radical (unpaired) electrons. The molecule has 1 atom stereocenters. The van der Waals surface area contributed by atoms with E-state index < -0.39 is 0 Å². The molecule has 0 bridgehead atoms. The minimum atomic E-state index is -0.0944. The van der Waals surface area contributed by atoms with Crippen LogP contribution in [0.2, 0.25) is 0 Å². The molecule has 1 aliphatic rings. The molecule has 102 valence electrons. The molecule has 0 aliphatic carbocycles. The molecule has 1 aliphatic heterocycles. The van der Waals surface area contributed by atoms with Crippen LogP contribution in [-0.4, -0.2) is 43.4 Å². The number of nitrogens with one attached hydrogen (secondary N) is 2. The van der Waals surface area contributed by atoms with Crippen LogP contribution in [0, 0.1) is 0 Å². The van der Waals surface area contributed by atoms with E-state index in [1.54, 1.807) is 38.4 Å². The van der Waals surface area contributed by atoms with Gasteiger partial charge < -0.3 is 15.5 Å². The second-order valence-corrected chi connectivity index (χ2v) is 4.92. The number of anilines is 1. The summed E-state index contributed by atoms with van der Waals surface area (Å²) in [5.74, 6) is -0.0560. The summed E-state index contributed by atoms with van der Waals surface area (Å²) in [6.45, 7) is 0.897. The average molecular weight is 261 g/mol. The smallest absolute Gasteiger partial charge is 0.253 e. The molecule has 0 aromatic heterocycles. The molecule has 1 saturated heterocycles. The lowest BCUT2D eigenvalue weighted by atomic mass is 10.1. The van der Waals surface area contributed by atoms with Gasteiger partial charge in [0.15, 0.2) is 0 Å². The van der Waals surface area contributed by atoms with E-state index in [9.17, 15) is 9.59 Å². The Morgan fingerprint density at radius 1 is 1.26 bits per heavy atom. The van der Waals surface area contributed by atoms with Crippen LogP contribution in [0.4, 0.5) is 5.69 Å². The summed E-state index contributed by atoms with van der Waals surface area (Å²) in [6.07, 6.45) is 1.91. The lowest BCUT2D eigenvalue weighted by molar-refractivity contribution is -0.117. The number of carbonyl (C=O) groups excluding carboxylic acids is 2. The van der Waals surface area contributed by atoms with E-state index >= 15 is 0 Å². The first-order valence-electron chi connectivity index (χ1n) is 6.44. The molecule has 2 rings (SSSR count).